The molecule has 0 aromatic carbocycles. The molecule has 5 nitrogen and oxygen atoms in total. The van der Waals surface area contributed by atoms with E-state index in [1.54, 1.807) is 11.8 Å². The quantitative estimate of drug-likeness (QED) is 0.492. The van der Waals surface area contributed by atoms with Crippen LogP contribution in [0.4, 0.5) is 0 Å². The molecule has 1 aliphatic rings. The Morgan fingerprint density at radius 2 is 2.38 bits per heavy atom. The maximum absolute atomic E-state index is 10.9. The van der Waals surface area contributed by atoms with E-state index < -0.39 is 18.1 Å². The number of amides is 1. The lowest BCUT2D eigenvalue weighted by molar-refractivity contribution is -0.123. The summed E-state index contributed by atoms with van der Waals surface area (Å²) in [6.45, 7) is 2.05. The molecule has 5 heteroatoms. The molecule has 0 aromatic rings. The molecule has 0 bridgehead atoms. The van der Waals surface area contributed by atoms with E-state index in [0.29, 0.717) is 13.0 Å². The number of carbonyl (C=O) groups excluding carboxylic acids is 1. The molecule has 1 rings (SSSR count). The summed E-state index contributed by atoms with van der Waals surface area (Å²) in [5.74, 6) is -0.424. The van der Waals surface area contributed by atoms with Gasteiger partial charge in [0.2, 0.25) is 5.91 Å². The number of aliphatic hydroxyl groups is 2. The first-order valence-electron chi connectivity index (χ1n) is 4.40. The molecular formula is C8H16N2O3. The second-order valence-electron chi connectivity index (χ2n) is 3.50. The molecule has 76 valence electrons. The summed E-state index contributed by atoms with van der Waals surface area (Å²) in [4.78, 5) is 12.6. The third kappa shape index (κ3) is 2.18. The van der Waals surface area contributed by atoms with Gasteiger partial charge in [-0.1, -0.05) is 0 Å². The number of rotatable bonds is 3. The fraction of sp³-hybridized carbons (Fsp3) is 0.875. The molecule has 1 aliphatic heterocycles. The summed E-state index contributed by atoms with van der Waals surface area (Å²) < 4.78 is 0. The van der Waals surface area contributed by atoms with Crippen LogP contribution in [-0.4, -0.2) is 52.4 Å². The van der Waals surface area contributed by atoms with Crippen LogP contribution < -0.4 is 5.73 Å². The molecule has 1 fully saturated rings. The Balaban J connectivity index is 2.62. The number of aliphatic hydroxyl groups excluding tert-OH is 2. The van der Waals surface area contributed by atoms with Crippen LogP contribution in [0.3, 0.4) is 0 Å². The Labute approximate surface area is 77.1 Å². The highest BCUT2D eigenvalue weighted by molar-refractivity contribution is 5.79. The Morgan fingerprint density at radius 1 is 1.77 bits per heavy atom. The van der Waals surface area contributed by atoms with E-state index in [2.05, 4.69) is 0 Å². The van der Waals surface area contributed by atoms with Crippen LogP contribution in [0.2, 0.25) is 0 Å². The molecule has 0 radical (unpaired) electrons. The fourth-order valence-electron chi connectivity index (χ4n) is 1.73. The van der Waals surface area contributed by atoms with Crippen LogP contribution in [0.1, 0.15) is 13.3 Å². The number of β-amino-alcohol motifs (C(OH)–C–C–N with tert-alkyl or cyclic N) is 1. The third-order valence-electron chi connectivity index (χ3n) is 2.55. The molecular weight excluding hydrogens is 172 g/mol. The summed E-state index contributed by atoms with van der Waals surface area (Å²) in [6.07, 6.45) is 0.0487. The van der Waals surface area contributed by atoms with Crippen molar-refractivity contribution < 1.29 is 15.0 Å². The molecule has 0 saturated carbocycles. The van der Waals surface area contributed by atoms with E-state index in [1.807, 2.05) is 0 Å². The van der Waals surface area contributed by atoms with Gasteiger partial charge in [-0.25, -0.2) is 0 Å². The minimum atomic E-state index is -0.459. The maximum Gasteiger partial charge on any atom is 0.234 e. The van der Waals surface area contributed by atoms with Crippen molar-refractivity contribution in [2.75, 3.05) is 13.2 Å². The molecule has 4 N–H and O–H groups in total. The lowest BCUT2D eigenvalue weighted by Crippen LogP contribution is -2.46. The monoisotopic (exact) mass is 188 g/mol. The van der Waals surface area contributed by atoms with Gasteiger partial charge in [0.1, 0.15) is 0 Å². The molecule has 0 spiro atoms. The average Bonchev–Trinajstić information content (AvgIpc) is 2.45. The van der Waals surface area contributed by atoms with Crippen molar-refractivity contribution in [2.45, 2.75) is 31.5 Å². The zero-order chi connectivity index (χ0) is 10.0. The minimum Gasteiger partial charge on any atom is -0.395 e. The summed E-state index contributed by atoms with van der Waals surface area (Å²) in [5.41, 5.74) is 5.13. The Hall–Kier alpha value is -0.650. The summed E-state index contributed by atoms with van der Waals surface area (Å²) in [6, 6.07) is -0.563. The molecule has 13 heavy (non-hydrogen) atoms. The lowest BCUT2D eigenvalue weighted by Gasteiger charge is -2.26. The summed E-state index contributed by atoms with van der Waals surface area (Å²) >= 11 is 0. The van der Waals surface area contributed by atoms with Crippen molar-refractivity contribution >= 4 is 5.91 Å². The van der Waals surface area contributed by atoms with Gasteiger partial charge >= 0.3 is 0 Å². The number of likely N-dealkylation sites (tertiary alicyclic amines) is 1. The molecule has 1 heterocycles. The van der Waals surface area contributed by atoms with Crippen LogP contribution in [0, 0.1) is 0 Å². The van der Waals surface area contributed by atoms with Gasteiger partial charge in [-0.05, 0) is 13.3 Å². The second kappa shape index (κ2) is 4.04. The van der Waals surface area contributed by atoms with Gasteiger partial charge in [-0.2, -0.15) is 0 Å². The first-order valence-corrected chi connectivity index (χ1v) is 4.40. The van der Waals surface area contributed by atoms with Crippen molar-refractivity contribution in [3.8, 4) is 0 Å². The summed E-state index contributed by atoms with van der Waals surface area (Å²) in [7, 11) is 0. The largest absolute Gasteiger partial charge is 0.395 e. The van der Waals surface area contributed by atoms with Crippen molar-refractivity contribution in [1.82, 2.24) is 4.90 Å². The molecule has 3 atom stereocenters. The van der Waals surface area contributed by atoms with Crippen molar-refractivity contribution in [1.29, 1.82) is 0 Å². The Morgan fingerprint density at radius 3 is 2.85 bits per heavy atom. The highest BCUT2D eigenvalue weighted by Crippen LogP contribution is 2.19. The van der Waals surface area contributed by atoms with Crippen LogP contribution in [-0.2, 0) is 4.79 Å². The predicted molar refractivity (Wildman–Crippen MR) is 46.9 cm³/mol. The van der Waals surface area contributed by atoms with E-state index >= 15 is 0 Å². The van der Waals surface area contributed by atoms with Gasteiger partial charge in [0.05, 0.1) is 18.8 Å². The Bertz CT molecular complexity index is 198. The molecule has 1 saturated heterocycles. The first-order chi connectivity index (χ1) is 6.06. The van der Waals surface area contributed by atoms with Crippen molar-refractivity contribution in [3.63, 3.8) is 0 Å². The van der Waals surface area contributed by atoms with Crippen molar-refractivity contribution in [2.24, 2.45) is 5.73 Å². The normalized spacial score (nSPS) is 31.9. The SMILES string of the molecule is CC(C(N)=O)N1C[C@H](O)C[C@H]1CO. The fourth-order valence-corrected chi connectivity index (χ4v) is 1.73. The maximum atomic E-state index is 10.9. The number of nitrogens with zero attached hydrogens (tertiary/aromatic N) is 1. The van der Waals surface area contributed by atoms with Crippen LogP contribution >= 0.6 is 0 Å². The first kappa shape index (κ1) is 10.4. The topological polar surface area (TPSA) is 86.8 Å². The average molecular weight is 188 g/mol. The standard InChI is InChI=1S/C8H16N2O3/c1-5(8(9)13)10-3-7(12)2-6(10)4-11/h5-7,11-12H,2-4H2,1H3,(H2,9,13)/t5?,6-,7+/m0/s1. The van der Waals surface area contributed by atoms with Gasteiger partial charge in [0.25, 0.3) is 0 Å². The van der Waals surface area contributed by atoms with Crippen LogP contribution in [0.5, 0.6) is 0 Å². The zero-order valence-corrected chi connectivity index (χ0v) is 7.68. The number of hydrogen-bond acceptors (Lipinski definition) is 4. The zero-order valence-electron chi connectivity index (χ0n) is 7.68. The lowest BCUT2D eigenvalue weighted by atomic mass is 10.2. The van der Waals surface area contributed by atoms with Gasteiger partial charge < -0.3 is 15.9 Å². The van der Waals surface area contributed by atoms with Gasteiger partial charge in [-0.3, -0.25) is 9.69 Å². The molecule has 0 aromatic heterocycles. The third-order valence-corrected chi connectivity index (χ3v) is 2.55. The minimum absolute atomic E-state index is 0.0469. The van der Waals surface area contributed by atoms with E-state index in [1.165, 1.54) is 0 Å². The second-order valence-corrected chi connectivity index (χ2v) is 3.50. The van der Waals surface area contributed by atoms with Crippen LogP contribution in [0.15, 0.2) is 0 Å². The van der Waals surface area contributed by atoms with Crippen molar-refractivity contribution in [3.05, 3.63) is 0 Å². The summed E-state index contributed by atoms with van der Waals surface area (Å²) in [5, 5.41) is 18.3. The number of carbonyl (C=O) groups is 1. The number of nitrogens with two attached hydrogens (primary N) is 1. The number of hydrogen-bond donors (Lipinski definition) is 3. The highest BCUT2D eigenvalue weighted by atomic mass is 16.3. The Kier molecular flexibility index (Phi) is 3.24. The van der Waals surface area contributed by atoms with Crippen LogP contribution in [0.25, 0.3) is 0 Å². The highest BCUT2D eigenvalue weighted by Gasteiger charge is 2.35. The van der Waals surface area contributed by atoms with E-state index in [-0.39, 0.29) is 12.6 Å². The number of primary amides is 1. The smallest absolute Gasteiger partial charge is 0.234 e. The van der Waals surface area contributed by atoms with Gasteiger partial charge in [0, 0.05) is 12.6 Å². The molecule has 0 aliphatic carbocycles. The van der Waals surface area contributed by atoms with Gasteiger partial charge in [-0.15, -0.1) is 0 Å². The molecule has 1 amide bonds. The molecule has 1 unspecified atom stereocenters. The van der Waals surface area contributed by atoms with Gasteiger partial charge in [0.15, 0.2) is 0 Å². The van der Waals surface area contributed by atoms with E-state index in [9.17, 15) is 9.90 Å². The van der Waals surface area contributed by atoms with E-state index in [0.717, 1.165) is 0 Å². The predicted octanol–water partition coefficient (Wildman–Crippen LogP) is -1.71. The van der Waals surface area contributed by atoms with E-state index in [4.69, 9.17) is 10.8 Å².